The van der Waals surface area contributed by atoms with Crippen molar-refractivity contribution in [1.29, 1.82) is 0 Å². The van der Waals surface area contributed by atoms with Crippen LogP contribution in [0.4, 0.5) is 5.69 Å². The highest BCUT2D eigenvalue weighted by atomic mass is 32.2. The van der Waals surface area contributed by atoms with Gasteiger partial charge in [-0.15, -0.1) is 0 Å². The number of phenols is 1. The second-order valence-corrected chi connectivity index (χ2v) is 4.74. The zero-order valence-electron chi connectivity index (χ0n) is 9.47. The summed E-state index contributed by atoms with van der Waals surface area (Å²) in [7, 11) is 0. The Bertz CT molecular complexity index is 654. The number of hydrogen-bond donors (Lipinski definition) is 2. The maximum atomic E-state index is 10.9. The third-order valence-electron chi connectivity index (χ3n) is 2.42. The summed E-state index contributed by atoms with van der Waals surface area (Å²) in [6, 6.07) is 7.49. The molecule has 5 nitrogen and oxygen atoms in total. The highest BCUT2D eigenvalue weighted by molar-refractivity contribution is 7.79. The molecule has 0 fully saturated rings. The predicted molar refractivity (Wildman–Crippen MR) is 67.1 cm³/mol. The number of carbonyl (C=O) groups excluding carboxylic acids is 1. The summed E-state index contributed by atoms with van der Waals surface area (Å²) in [5, 5.41) is 13.4. The summed E-state index contributed by atoms with van der Waals surface area (Å²) in [5.74, 6) is -0.356. The van der Waals surface area contributed by atoms with Crippen LogP contribution in [-0.4, -0.2) is 19.8 Å². The molecule has 2 aromatic rings. The first-order chi connectivity index (χ1) is 8.47. The fourth-order valence-electron chi connectivity index (χ4n) is 1.69. The molecule has 2 rings (SSSR count). The smallest absolute Gasteiger partial charge is 0.221 e. The molecule has 2 aromatic carbocycles. The highest BCUT2D eigenvalue weighted by Gasteiger charge is 2.05. The van der Waals surface area contributed by atoms with Crippen molar-refractivity contribution in [2.24, 2.45) is 0 Å². The molecule has 0 saturated carbocycles. The summed E-state index contributed by atoms with van der Waals surface area (Å²) in [4.78, 5) is 10.9. The van der Waals surface area contributed by atoms with Crippen molar-refractivity contribution >= 4 is 33.4 Å². The van der Waals surface area contributed by atoms with E-state index in [-0.39, 0.29) is 16.6 Å². The maximum absolute atomic E-state index is 10.9. The molecule has 2 N–H and O–H groups in total. The molecular formula is C12H10NO4S-. The van der Waals surface area contributed by atoms with Crippen molar-refractivity contribution in [2.45, 2.75) is 11.8 Å². The summed E-state index contributed by atoms with van der Waals surface area (Å²) in [5.41, 5.74) is 0.543. The Balaban J connectivity index is 2.57. The van der Waals surface area contributed by atoms with E-state index in [4.69, 9.17) is 0 Å². The van der Waals surface area contributed by atoms with Crippen molar-refractivity contribution in [3.05, 3.63) is 30.3 Å². The largest absolute Gasteiger partial charge is 0.768 e. The summed E-state index contributed by atoms with van der Waals surface area (Å²) in [6.07, 6.45) is 0. The van der Waals surface area contributed by atoms with Gasteiger partial charge in [-0.3, -0.25) is 9.00 Å². The topological polar surface area (TPSA) is 89.5 Å². The standard InChI is InChI=1S/C12H11NO4S/c1-7(14)13-9-3-2-8-4-10(18(16)17)6-12(15)11(8)5-9/h2-6,15H,1H3,(H,13,14)(H,16,17)/p-1. The Morgan fingerprint density at radius 1 is 1.33 bits per heavy atom. The average molecular weight is 264 g/mol. The summed E-state index contributed by atoms with van der Waals surface area (Å²) in [6.45, 7) is 1.38. The van der Waals surface area contributed by atoms with Crippen LogP contribution in [0.5, 0.6) is 5.75 Å². The van der Waals surface area contributed by atoms with Gasteiger partial charge in [0, 0.05) is 22.9 Å². The molecule has 0 bridgehead atoms. The third-order valence-corrected chi connectivity index (χ3v) is 3.04. The van der Waals surface area contributed by atoms with E-state index in [1.807, 2.05) is 0 Å². The van der Waals surface area contributed by atoms with Gasteiger partial charge in [0.1, 0.15) is 5.75 Å². The minimum atomic E-state index is -2.39. The Morgan fingerprint density at radius 2 is 2.06 bits per heavy atom. The lowest BCUT2D eigenvalue weighted by molar-refractivity contribution is -0.114. The molecule has 0 radical (unpaired) electrons. The van der Waals surface area contributed by atoms with Gasteiger partial charge in [-0.2, -0.15) is 0 Å². The van der Waals surface area contributed by atoms with Crippen LogP contribution in [-0.2, 0) is 15.9 Å². The van der Waals surface area contributed by atoms with Crippen molar-refractivity contribution < 1.29 is 18.7 Å². The quantitative estimate of drug-likeness (QED) is 0.808. The van der Waals surface area contributed by atoms with Crippen molar-refractivity contribution in [3.63, 3.8) is 0 Å². The Morgan fingerprint density at radius 3 is 2.67 bits per heavy atom. The Hall–Kier alpha value is -1.92. The number of carbonyl (C=O) groups is 1. The predicted octanol–water partition coefficient (Wildman–Crippen LogP) is 1.74. The van der Waals surface area contributed by atoms with Crippen molar-refractivity contribution in [2.75, 3.05) is 5.32 Å². The molecular weight excluding hydrogens is 254 g/mol. The van der Waals surface area contributed by atoms with Crippen LogP contribution in [0.25, 0.3) is 10.8 Å². The normalized spacial score (nSPS) is 12.3. The fourth-order valence-corrected chi connectivity index (χ4v) is 2.12. The van der Waals surface area contributed by atoms with E-state index >= 15 is 0 Å². The SMILES string of the molecule is CC(=O)Nc1ccc2cc(S(=O)[O-])cc(O)c2c1. The molecule has 0 aromatic heterocycles. The molecule has 18 heavy (non-hydrogen) atoms. The molecule has 1 amide bonds. The molecule has 6 heteroatoms. The lowest BCUT2D eigenvalue weighted by Gasteiger charge is -2.10. The molecule has 0 saturated heterocycles. The van der Waals surface area contributed by atoms with Gasteiger partial charge in [0.15, 0.2) is 0 Å². The number of aromatic hydroxyl groups is 1. The van der Waals surface area contributed by atoms with Gasteiger partial charge < -0.3 is 15.0 Å². The molecule has 0 aliphatic carbocycles. The lowest BCUT2D eigenvalue weighted by atomic mass is 10.1. The maximum Gasteiger partial charge on any atom is 0.221 e. The van der Waals surface area contributed by atoms with E-state index in [0.717, 1.165) is 0 Å². The number of rotatable bonds is 2. The van der Waals surface area contributed by atoms with E-state index in [9.17, 15) is 18.7 Å². The van der Waals surface area contributed by atoms with Crippen molar-refractivity contribution in [1.82, 2.24) is 0 Å². The third kappa shape index (κ3) is 2.49. The van der Waals surface area contributed by atoms with Crippen molar-refractivity contribution in [3.8, 4) is 5.75 Å². The first kappa shape index (κ1) is 12.5. The number of amides is 1. The van der Waals surface area contributed by atoms with Crippen LogP contribution in [0.3, 0.4) is 0 Å². The number of hydrogen-bond acceptors (Lipinski definition) is 4. The lowest BCUT2D eigenvalue weighted by Crippen LogP contribution is -2.05. The highest BCUT2D eigenvalue weighted by Crippen LogP contribution is 2.30. The number of fused-ring (bicyclic) bond motifs is 1. The van der Waals surface area contributed by atoms with Crippen LogP contribution in [0.1, 0.15) is 6.92 Å². The van der Waals surface area contributed by atoms with Gasteiger partial charge in [-0.25, -0.2) is 0 Å². The Kier molecular flexibility index (Phi) is 3.31. The minimum Gasteiger partial charge on any atom is -0.768 e. The molecule has 0 aliphatic rings. The number of benzene rings is 2. The Labute approximate surface area is 106 Å². The van der Waals surface area contributed by atoms with E-state index in [0.29, 0.717) is 16.5 Å². The second kappa shape index (κ2) is 4.75. The van der Waals surface area contributed by atoms with Crippen LogP contribution in [0, 0.1) is 0 Å². The molecule has 0 heterocycles. The van der Waals surface area contributed by atoms with Gasteiger partial charge in [0.2, 0.25) is 5.91 Å². The van der Waals surface area contributed by atoms with Gasteiger partial charge in [0.05, 0.1) is 0 Å². The zero-order chi connectivity index (χ0) is 13.3. The fraction of sp³-hybridized carbons (Fsp3) is 0.0833. The van der Waals surface area contributed by atoms with Crippen LogP contribution in [0.15, 0.2) is 35.2 Å². The molecule has 0 spiro atoms. The van der Waals surface area contributed by atoms with Crippen LogP contribution < -0.4 is 5.32 Å². The number of nitrogens with one attached hydrogen (secondary N) is 1. The van der Waals surface area contributed by atoms with E-state index in [2.05, 4.69) is 5.32 Å². The molecule has 1 atom stereocenters. The van der Waals surface area contributed by atoms with Gasteiger partial charge in [-0.05, 0) is 40.7 Å². The summed E-state index contributed by atoms with van der Waals surface area (Å²) < 4.78 is 21.7. The van der Waals surface area contributed by atoms with Gasteiger partial charge in [-0.1, -0.05) is 6.07 Å². The van der Waals surface area contributed by atoms with Gasteiger partial charge >= 0.3 is 0 Å². The van der Waals surface area contributed by atoms with E-state index in [1.165, 1.54) is 19.1 Å². The minimum absolute atomic E-state index is 0.0206. The van der Waals surface area contributed by atoms with E-state index < -0.39 is 11.1 Å². The van der Waals surface area contributed by atoms with E-state index in [1.54, 1.807) is 18.2 Å². The second-order valence-electron chi connectivity index (χ2n) is 3.79. The monoisotopic (exact) mass is 264 g/mol. The number of phenolic OH excluding ortho intramolecular Hbond substituents is 1. The first-order valence-corrected chi connectivity index (χ1v) is 6.18. The first-order valence-electron chi connectivity index (χ1n) is 5.11. The summed E-state index contributed by atoms with van der Waals surface area (Å²) >= 11 is -2.39. The average Bonchev–Trinajstić information content (AvgIpc) is 2.28. The van der Waals surface area contributed by atoms with Crippen LogP contribution in [0.2, 0.25) is 0 Å². The van der Waals surface area contributed by atoms with Crippen LogP contribution >= 0.6 is 0 Å². The molecule has 1 unspecified atom stereocenters. The molecule has 94 valence electrons. The zero-order valence-corrected chi connectivity index (χ0v) is 10.3. The number of anilines is 1. The molecule has 0 aliphatic heterocycles. The van der Waals surface area contributed by atoms with Gasteiger partial charge in [0.25, 0.3) is 0 Å².